The predicted molar refractivity (Wildman–Crippen MR) is 96.2 cm³/mol. The lowest BCUT2D eigenvalue weighted by Gasteiger charge is -2.20. The molecule has 1 saturated heterocycles. The van der Waals surface area contributed by atoms with Crippen LogP contribution in [0.1, 0.15) is 17.2 Å². The van der Waals surface area contributed by atoms with Crippen molar-refractivity contribution in [1.29, 1.82) is 0 Å². The highest BCUT2D eigenvalue weighted by Crippen LogP contribution is 2.41. The van der Waals surface area contributed by atoms with E-state index >= 15 is 0 Å². The number of Topliss-reactive ketones (excluding diaryl/α,β-unsaturated/α-hetero) is 1. The van der Waals surface area contributed by atoms with Gasteiger partial charge >= 0.3 is 0 Å². The highest BCUT2D eigenvalue weighted by Gasteiger charge is 2.46. The molecule has 0 bridgehead atoms. The fourth-order valence-corrected chi connectivity index (χ4v) is 3.10. The topological polar surface area (TPSA) is 110 Å². The summed E-state index contributed by atoms with van der Waals surface area (Å²) in [5.41, 5.74) is 0.0175. The van der Waals surface area contributed by atoms with Gasteiger partial charge in [0.25, 0.3) is 17.4 Å². The zero-order valence-corrected chi connectivity index (χ0v) is 14.6. The summed E-state index contributed by atoms with van der Waals surface area (Å²) in [6.45, 7) is 0. The number of rotatable bonds is 4. The van der Waals surface area contributed by atoms with E-state index in [0.717, 1.165) is 4.90 Å². The third-order valence-electron chi connectivity index (χ3n) is 4.47. The second kappa shape index (κ2) is 6.91. The smallest absolute Gasteiger partial charge is 0.295 e. The summed E-state index contributed by atoms with van der Waals surface area (Å²) in [7, 11) is 2.86. The monoisotopic (exact) mass is 368 g/mol. The molecular weight excluding hydrogens is 352 g/mol. The number of likely N-dealkylation sites (N-methyl/N-ethyl adjacent to an activating group) is 1. The molecule has 0 radical (unpaired) electrons. The maximum absolute atomic E-state index is 12.5. The molecule has 3 rings (SSSR count). The number of ketones is 1. The molecule has 0 spiro atoms. The SMILES string of the molecule is COc1ccc(C(O)=C2C(=O)C(=O)N(C)C2c2ccccc2[N+](=O)[O-])cc1. The van der Waals surface area contributed by atoms with Crippen LogP contribution in [0.2, 0.25) is 0 Å². The molecule has 1 aliphatic rings. The molecule has 2 aromatic rings. The van der Waals surface area contributed by atoms with E-state index in [1.54, 1.807) is 18.2 Å². The first-order valence-corrected chi connectivity index (χ1v) is 7.99. The van der Waals surface area contributed by atoms with Crippen LogP contribution in [-0.4, -0.2) is 40.8 Å². The molecule has 8 nitrogen and oxygen atoms in total. The summed E-state index contributed by atoms with van der Waals surface area (Å²) >= 11 is 0. The van der Waals surface area contributed by atoms with Gasteiger partial charge in [-0.05, 0) is 30.3 Å². The first-order chi connectivity index (χ1) is 12.9. The van der Waals surface area contributed by atoms with Gasteiger partial charge in [0.1, 0.15) is 11.5 Å². The number of nitrogens with zero attached hydrogens (tertiary/aromatic N) is 2. The third-order valence-corrected chi connectivity index (χ3v) is 4.47. The molecule has 1 atom stereocenters. The van der Waals surface area contributed by atoms with Crippen LogP contribution in [0, 0.1) is 10.1 Å². The number of likely N-dealkylation sites (tertiary alicyclic amines) is 1. The van der Waals surface area contributed by atoms with E-state index in [4.69, 9.17) is 4.74 Å². The minimum absolute atomic E-state index is 0.152. The van der Waals surface area contributed by atoms with E-state index in [1.807, 2.05) is 0 Å². The van der Waals surface area contributed by atoms with Crippen LogP contribution in [0.15, 0.2) is 54.1 Å². The van der Waals surface area contributed by atoms with Crippen LogP contribution in [0.4, 0.5) is 5.69 Å². The minimum Gasteiger partial charge on any atom is -0.507 e. The average Bonchev–Trinajstić information content (AvgIpc) is 2.91. The molecular formula is C19H16N2O6. The summed E-state index contributed by atoms with van der Waals surface area (Å²) in [6.07, 6.45) is 0. The number of hydrogen-bond donors (Lipinski definition) is 1. The lowest BCUT2D eigenvalue weighted by molar-refractivity contribution is -0.385. The van der Waals surface area contributed by atoms with Gasteiger partial charge in [-0.15, -0.1) is 0 Å². The number of nitro benzene ring substituents is 1. The summed E-state index contributed by atoms with van der Waals surface area (Å²) in [5, 5.41) is 22.1. The third kappa shape index (κ3) is 3.01. The number of methoxy groups -OCH3 is 1. The molecule has 0 aromatic heterocycles. The fraction of sp³-hybridized carbons (Fsp3) is 0.158. The van der Waals surface area contributed by atoms with Gasteiger partial charge < -0.3 is 14.7 Å². The number of para-hydroxylation sites is 1. The van der Waals surface area contributed by atoms with Crippen molar-refractivity contribution in [3.8, 4) is 5.75 Å². The molecule has 1 heterocycles. The maximum Gasteiger partial charge on any atom is 0.295 e. The lowest BCUT2D eigenvalue weighted by atomic mass is 9.94. The Hall–Kier alpha value is -3.68. The molecule has 1 fully saturated rings. The first-order valence-electron chi connectivity index (χ1n) is 7.99. The van der Waals surface area contributed by atoms with E-state index in [9.17, 15) is 24.8 Å². The Balaban J connectivity index is 2.20. The van der Waals surface area contributed by atoms with Crippen LogP contribution >= 0.6 is 0 Å². The van der Waals surface area contributed by atoms with E-state index in [2.05, 4.69) is 0 Å². The summed E-state index contributed by atoms with van der Waals surface area (Å²) in [5.74, 6) is -1.58. The number of carbonyl (C=O) groups is 2. The Morgan fingerprint density at radius 1 is 1.15 bits per heavy atom. The standard InChI is InChI=1S/C19H16N2O6/c1-20-16(13-5-3-4-6-14(13)21(25)26)15(18(23)19(20)24)17(22)11-7-9-12(27-2)10-8-11/h3-10,16,22H,1-2H3. The molecule has 138 valence electrons. The van der Waals surface area contributed by atoms with Crippen LogP contribution in [-0.2, 0) is 9.59 Å². The molecule has 1 aliphatic heterocycles. The Bertz CT molecular complexity index is 964. The van der Waals surface area contributed by atoms with Crippen molar-refractivity contribution in [2.75, 3.05) is 14.2 Å². The largest absolute Gasteiger partial charge is 0.507 e. The Morgan fingerprint density at radius 2 is 1.78 bits per heavy atom. The van der Waals surface area contributed by atoms with Crippen molar-refractivity contribution in [2.45, 2.75) is 6.04 Å². The molecule has 0 aliphatic carbocycles. The minimum atomic E-state index is -1.06. The summed E-state index contributed by atoms with van der Waals surface area (Å²) in [6, 6.07) is 11.0. The molecule has 8 heteroatoms. The van der Waals surface area contributed by atoms with E-state index in [-0.39, 0.29) is 16.8 Å². The van der Waals surface area contributed by atoms with Crippen molar-refractivity contribution in [3.63, 3.8) is 0 Å². The number of aliphatic hydroxyl groups excluding tert-OH is 1. The highest BCUT2D eigenvalue weighted by atomic mass is 16.6. The quantitative estimate of drug-likeness (QED) is 0.292. The van der Waals surface area contributed by atoms with Crippen molar-refractivity contribution >= 4 is 23.1 Å². The van der Waals surface area contributed by atoms with Crippen LogP contribution in [0.25, 0.3) is 5.76 Å². The van der Waals surface area contributed by atoms with E-state index in [1.165, 1.54) is 44.5 Å². The van der Waals surface area contributed by atoms with Crippen molar-refractivity contribution < 1.29 is 24.4 Å². The number of benzene rings is 2. The van der Waals surface area contributed by atoms with Gasteiger partial charge in [-0.3, -0.25) is 19.7 Å². The van der Waals surface area contributed by atoms with Crippen LogP contribution < -0.4 is 4.74 Å². The second-order valence-electron chi connectivity index (χ2n) is 5.95. The number of nitro groups is 1. The molecule has 27 heavy (non-hydrogen) atoms. The average molecular weight is 368 g/mol. The first kappa shape index (κ1) is 18.1. The van der Waals surface area contributed by atoms with Gasteiger partial charge in [0.05, 0.1) is 29.2 Å². The predicted octanol–water partition coefficient (Wildman–Crippen LogP) is 2.65. The molecule has 1 N–H and O–H groups in total. The van der Waals surface area contributed by atoms with E-state index in [0.29, 0.717) is 11.3 Å². The number of ether oxygens (including phenoxy) is 1. The van der Waals surface area contributed by atoms with Crippen molar-refractivity contribution in [1.82, 2.24) is 4.90 Å². The van der Waals surface area contributed by atoms with Crippen molar-refractivity contribution in [2.24, 2.45) is 0 Å². The van der Waals surface area contributed by atoms with Gasteiger partial charge in [0.2, 0.25) is 0 Å². The molecule has 2 aromatic carbocycles. The Labute approximate surface area is 154 Å². The summed E-state index contributed by atoms with van der Waals surface area (Å²) < 4.78 is 5.06. The summed E-state index contributed by atoms with van der Waals surface area (Å²) in [4.78, 5) is 36.7. The normalized spacial score (nSPS) is 18.6. The van der Waals surface area contributed by atoms with E-state index < -0.39 is 28.4 Å². The molecule has 1 amide bonds. The lowest BCUT2D eigenvalue weighted by Crippen LogP contribution is -2.25. The fourth-order valence-electron chi connectivity index (χ4n) is 3.10. The van der Waals surface area contributed by atoms with Crippen LogP contribution in [0.3, 0.4) is 0 Å². The number of hydrogen-bond acceptors (Lipinski definition) is 6. The second-order valence-corrected chi connectivity index (χ2v) is 5.95. The van der Waals surface area contributed by atoms with Gasteiger partial charge in [-0.2, -0.15) is 0 Å². The van der Waals surface area contributed by atoms with Crippen molar-refractivity contribution in [3.05, 3.63) is 75.3 Å². The van der Waals surface area contributed by atoms with Gasteiger partial charge in [-0.1, -0.05) is 12.1 Å². The zero-order valence-electron chi connectivity index (χ0n) is 14.6. The van der Waals surface area contributed by atoms with Gasteiger partial charge in [0.15, 0.2) is 0 Å². The molecule has 1 unspecified atom stereocenters. The zero-order chi connectivity index (χ0) is 19.7. The van der Waals surface area contributed by atoms with Gasteiger partial charge in [0, 0.05) is 18.7 Å². The van der Waals surface area contributed by atoms with Crippen LogP contribution in [0.5, 0.6) is 5.75 Å². The molecule has 0 saturated carbocycles. The number of carbonyl (C=O) groups excluding carboxylic acids is 2. The maximum atomic E-state index is 12.5. The Kier molecular flexibility index (Phi) is 4.64. The highest BCUT2D eigenvalue weighted by molar-refractivity contribution is 6.46. The van der Waals surface area contributed by atoms with Gasteiger partial charge in [-0.25, -0.2) is 0 Å². The number of amides is 1. The number of aliphatic hydroxyl groups is 1. The Morgan fingerprint density at radius 3 is 2.37 bits per heavy atom.